The molecule has 0 spiro atoms. The summed E-state index contributed by atoms with van der Waals surface area (Å²) in [4.78, 5) is 0.169. The molecule has 0 amide bonds. The average molecular weight is 253 g/mol. The van der Waals surface area contributed by atoms with Crippen LogP contribution in [0.25, 0.3) is 0 Å². The van der Waals surface area contributed by atoms with Gasteiger partial charge in [0.15, 0.2) is 0 Å². The van der Waals surface area contributed by atoms with Crippen LogP contribution in [0.2, 0.25) is 0 Å². The van der Waals surface area contributed by atoms with Crippen molar-refractivity contribution in [3.8, 4) is 0 Å². The van der Waals surface area contributed by atoms with Crippen molar-refractivity contribution in [2.24, 2.45) is 7.05 Å². The van der Waals surface area contributed by atoms with Crippen LogP contribution in [0.15, 0.2) is 35.5 Å². The maximum atomic E-state index is 13.5. The summed E-state index contributed by atoms with van der Waals surface area (Å²) in [6, 6.07) is 4.17. The van der Waals surface area contributed by atoms with E-state index in [-0.39, 0.29) is 10.6 Å². The molecule has 1 heterocycles. The van der Waals surface area contributed by atoms with E-state index in [1.165, 1.54) is 12.1 Å². The minimum atomic E-state index is -1.42. The van der Waals surface area contributed by atoms with Crippen molar-refractivity contribution in [3.05, 3.63) is 42.0 Å². The Morgan fingerprint density at radius 1 is 1.53 bits per heavy atom. The molecule has 90 valence electrons. The first-order valence-electron chi connectivity index (χ1n) is 4.97. The first kappa shape index (κ1) is 11.8. The van der Waals surface area contributed by atoms with Crippen LogP contribution in [-0.2, 0) is 23.6 Å². The van der Waals surface area contributed by atoms with Crippen LogP contribution >= 0.6 is 0 Å². The molecular formula is C11H12FN3OS. The molecule has 4 nitrogen and oxygen atoms in total. The van der Waals surface area contributed by atoms with E-state index in [1.807, 2.05) is 0 Å². The maximum Gasteiger partial charge on any atom is 0.141 e. The number of benzene rings is 1. The zero-order valence-corrected chi connectivity index (χ0v) is 10.1. The van der Waals surface area contributed by atoms with Crippen LogP contribution in [-0.4, -0.2) is 14.0 Å². The average Bonchev–Trinajstić information content (AvgIpc) is 2.63. The van der Waals surface area contributed by atoms with Crippen molar-refractivity contribution in [2.45, 2.75) is 10.6 Å². The van der Waals surface area contributed by atoms with Gasteiger partial charge < -0.3 is 5.73 Å². The van der Waals surface area contributed by atoms with Gasteiger partial charge in [-0.3, -0.25) is 8.89 Å². The molecule has 2 N–H and O–H groups in total. The van der Waals surface area contributed by atoms with Gasteiger partial charge in [-0.05, 0) is 18.2 Å². The van der Waals surface area contributed by atoms with E-state index < -0.39 is 16.6 Å². The van der Waals surface area contributed by atoms with Gasteiger partial charge in [0.25, 0.3) is 0 Å². The third-order valence-electron chi connectivity index (χ3n) is 2.26. The second-order valence-electron chi connectivity index (χ2n) is 3.70. The molecular weight excluding hydrogens is 241 g/mol. The van der Waals surface area contributed by atoms with Crippen molar-refractivity contribution < 1.29 is 8.60 Å². The number of nitrogen functional groups attached to an aromatic ring is 1. The van der Waals surface area contributed by atoms with Gasteiger partial charge in [0.1, 0.15) is 5.82 Å². The van der Waals surface area contributed by atoms with E-state index in [0.717, 1.165) is 5.56 Å². The van der Waals surface area contributed by atoms with E-state index in [0.29, 0.717) is 5.69 Å². The molecule has 6 heteroatoms. The summed E-state index contributed by atoms with van der Waals surface area (Å²) in [7, 11) is 0.349. The summed E-state index contributed by atoms with van der Waals surface area (Å²) in [5, 5.41) is 3.97. The molecule has 2 aromatic rings. The zero-order chi connectivity index (χ0) is 12.4. The Morgan fingerprint density at radius 3 is 2.88 bits per heavy atom. The number of nitrogens with two attached hydrogens (primary N) is 1. The van der Waals surface area contributed by atoms with Crippen LogP contribution in [0.3, 0.4) is 0 Å². The highest BCUT2D eigenvalue weighted by Crippen LogP contribution is 2.18. The Labute approximate surface area is 101 Å². The van der Waals surface area contributed by atoms with Gasteiger partial charge in [-0.15, -0.1) is 0 Å². The van der Waals surface area contributed by atoms with Crippen LogP contribution < -0.4 is 5.73 Å². The molecule has 17 heavy (non-hydrogen) atoms. The topological polar surface area (TPSA) is 60.9 Å². The SMILES string of the molecule is Cn1cc(CS(=O)c2ccc(N)cc2F)cn1. The molecule has 0 fully saturated rings. The number of halogens is 1. The molecule has 0 saturated heterocycles. The van der Waals surface area contributed by atoms with Crippen LogP contribution in [0.4, 0.5) is 10.1 Å². The van der Waals surface area contributed by atoms with Crippen molar-refractivity contribution in [1.29, 1.82) is 0 Å². The van der Waals surface area contributed by atoms with E-state index in [4.69, 9.17) is 5.73 Å². The number of hydrogen-bond acceptors (Lipinski definition) is 3. The second-order valence-corrected chi connectivity index (χ2v) is 5.12. The summed E-state index contributed by atoms with van der Waals surface area (Å²) in [6.45, 7) is 0. The van der Waals surface area contributed by atoms with Gasteiger partial charge in [0.2, 0.25) is 0 Å². The highest BCUT2D eigenvalue weighted by atomic mass is 32.2. The first-order chi connectivity index (χ1) is 8.06. The van der Waals surface area contributed by atoms with Gasteiger partial charge in [0, 0.05) is 24.5 Å². The molecule has 1 atom stereocenters. The normalized spacial score (nSPS) is 12.6. The lowest BCUT2D eigenvalue weighted by atomic mass is 10.3. The summed E-state index contributed by atoms with van der Waals surface area (Å²) >= 11 is 0. The lowest BCUT2D eigenvalue weighted by Crippen LogP contribution is -2.00. The fourth-order valence-electron chi connectivity index (χ4n) is 1.48. The minimum Gasteiger partial charge on any atom is -0.399 e. The van der Waals surface area contributed by atoms with Crippen LogP contribution in [0.1, 0.15) is 5.56 Å². The molecule has 0 aliphatic heterocycles. The lowest BCUT2D eigenvalue weighted by molar-refractivity contribution is 0.596. The molecule has 1 aromatic carbocycles. The molecule has 0 aliphatic rings. The molecule has 1 aromatic heterocycles. The smallest absolute Gasteiger partial charge is 0.141 e. The lowest BCUT2D eigenvalue weighted by Gasteiger charge is -2.03. The molecule has 2 rings (SSSR count). The van der Waals surface area contributed by atoms with E-state index in [9.17, 15) is 8.60 Å². The van der Waals surface area contributed by atoms with Crippen molar-refractivity contribution in [2.75, 3.05) is 5.73 Å². The summed E-state index contributed by atoms with van der Waals surface area (Å²) < 4.78 is 27.1. The number of nitrogens with zero attached hydrogens (tertiary/aromatic N) is 2. The Balaban J connectivity index is 2.20. The molecule has 1 unspecified atom stereocenters. The monoisotopic (exact) mass is 253 g/mol. The van der Waals surface area contributed by atoms with Crippen LogP contribution in [0, 0.1) is 5.82 Å². The van der Waals surface area contributed by atoms with Gasteiger partial charge in [-0.25, -0.2) is 4.39 Å². The van der Waals surface area contributed by atoms with Crippen molar-refractivity contribution in [3.63, 3.8) is 0 Å². The number of hydrogen-bond donors (Lipinski definition) is 1. The maximum absolute atomic E-state index is 13.5. The highest BCUT2D eigenvalue weighted by molar-refractivity contribution is 7.84. The van der Waals surface area contributed by atoms with Gasteiger partial charge in [-0.1, -0.05) is 0 Å². The molecule has 0 saturated carbocycles. The standard InChI is InChI=1S/C11H12FN3OS/c1-15-6-8(5-14-15)7-17(16)11-3-2-9(13)4-10(11)12/h2-6H,7,13H2,1H3. The van der Waals surface area contributed by atoms with E-state index in [1.54, 1.807) is 30.2 Å². The molecule has 0 radical (unpaired) electrons. The van der Waals surface area contributed by atoms with Gasteiger partial charge >= 0.3 is 0 Å². The van der Waals surface area contributed by atoms with Gasteiger partial charge in [0.05, 0.1) is 27.6 Å². The van der Waals surface area contributed by atoms with E-state index in [2.05, 4.69) is 5.10 Å². The molecule has 0 bridgehead atoms. The minimum absolute atomic E-state index is 0.169. The predicted octanol–water partition coefficient (Wildman–Crippen LogP) is 1.45. The number of aromatic nitrogens is 2. The Kier molecular flexibility index (Phi) is 3.23. The van der Waals surface area contributed by atoms with Crippen molar-refractivity contribution >= 4 is 16.5 Å². The summed E-state index contributed by atoms with van der Waals surface area (Å²) in [6.07, 6.45) is 3.38. The first-order valence-corrected chi connectivity index (χ1v) is 6.29. The fourth-order valence-corrected chi connectivity index (χ4v) is 2.58. The number of aryl methyl sites for hydroxylation is 1. The van der Waals surface area contributed by atoms with Crippen molar-refractivity contribution in [1.82, 2.24) is 9.78 Å². The Bertz CT molecular complexity index is 568. The fraction of sp³-hybridized carbons (Fsp3) is 0.182. The van der Waals surface area contributed by atoms with Gasteiger partial charge in [-0.2, -0.15) is 5.10 Å². The van der Waals surface area contributed by atoms with Crippen LogP contribution in [0.5, 0.6) is 0 Å². The predicted molar refractivity (Wildman–Crippen MR) is 64.1 cm³/mol. The Hall–Kier alpha value is -1.69. The molecule has 0 aliphatic carbocycles. The third-order valence-corrected chi connectivity index (χ3v) is 3.67. The summed E-state index contributed by atoms with van der Waals surface area (Å²) in [5.41, 5.74) is 6.56. The third kappa shape index (κ3) is 2.71. The number of anilines is 1. The number of rotatable bonds is 3. The quantitative estimate of drug-likeness (QED) is 0.842. The zero-order valence-electron chi connectivity index (χ0n) is 9.26. The Morgan fingerprint density at radius 2 is 2.29 bits per heavy atom. The highest BCUT2D eigenvalue weighted by Gasteiger charge is 2.11. The second kappa shape index (κ2) is 4.67. The van der Waals surface area contributed by atoms with E-state index >= 15 is 0 Å². The summed E-state index contributed by atoms with van der Waals surface area (Å²) in [5.74, 6) is -0.290. The largest absolute Gasteiger partial charge is 0.399 e.